The Balaban J connectivity index is 1.46. The maximum absolute atomic E-state index is 15.1. The Bertz CT molecular complexity index is 1060. The lowest BCUT2D eigenvalue weighted by atomic mass is 10.1. The number of aromatic nitrogens is 1. The number of piperazine rings is 1. The van der Waals surface area contributed by atoms with E-state index in [1.165, 1.54) is 17.2 Å². The summed E-state index contributed by atoms with van der Waals surface area (Å²) in [7, 11) is 0. The maximum Gasteiger partial charge on any atom is 0.410 e. The monoisotopic (exact) mass is 501 g/mol. The number of carbonyl (C=O) groups is 3. The van der Waals surface area contributed by atoms with Gasteiger partial charge >= 0.3 is 18.1 Å². The first-order valence-electron chi connectivity index (χ1n) is 11.8. The Morgan fingerprint density at radius 1 is 1.06 bits per heavy atom. The molecule has 1 aromatic carbocycles. The number of anilines is 2. The second-order valence-electron chi connectivity index (χ2n) is 8.94. The molecule has 36 heavy (non-hydrogen) atoms. The fourth-order valence-corrected chi connectivity index (χ4v) is 3.47. The Morgan fingerprint density at radius 2 is 1.81 bits per heavy atom. The molecule has 0 bridgehead atoms. The second kappa shape index (κ2) is 12.8. The van der Waals surface area contributed by atoms with Crippen LogP contribution in [0.2, 0.25) is 0 Å². The van der Waals surface area contributed by atoms with Gasteiger partial charge in [0.05, 0.1) is 24.2 Å². The van der Waals surface area contributed by atoms with Gasteiger partial charge < -0.3 is 25.0 Å². The standard InChI is InChI=1S/C25H32FN5O5/c1-17(2)15-35-22(32)16-36-25(34)31-11-9-30(10-12-31)14-19-5-4-6-21(23(19)26)29-24(33)28-20-8-7-18(3)27-13-20/h4-8,13,17H,9-12,14-16H2,1-3H3,(H2,28,29,33). The van der Waals surface area contributed by atoms with Crippen LogP contribution in [0.25, 0.3) is 0 Å². The lowest BCUT2D eigenvalue weighted by molar-refractivity contribution is -0.148. The summed E-state index contributed by atoms with van der Waals surface area (Å²) in [6, 6.07) is 7.73. The fraction of sp³-hybridized carbons (Fsp3) is 0.440. The topological polar surface area (TPSA) is 113 Å². The molecule has 0 unspecified atom stereocenters. The number of rotatable bonds is 8. The van der Waals surface area contributed by atoms with Crippen LogP contribution in [0.5, 0.6) is 0 Å². The number of nitrogens with zero attached hydrogens (tertiary/aromatic N) is 3. The SMILES string of the molecule is Cc1ccc(NC(=O)Nc2cccc(CN3CCN(C(=O)OCC(=O)OCC(C)C)CC3)c2F)cn1. The highest BCUT2D eigenvalue weighted by Crippen LogP contribution is 2.21. The van der Waals surface area contributed by atoms with E-state index >= 15 is 4.39 Å². The molecule has 194 valence electrons. The van der Waals surface area contributed by atoms with E-state index in [2.05, 4.69) is 15.6 Å². The third kappa shape index (κ3) is 8.19. The predicted molar refractivity (Wildman–Crippen MR) is 132 cm³/mol. The molecule has 2 aromatic rings. The Labute approximate surface area is 209 Å². The van der Waals surface area contributed by atoms with Crippen molar-refractivity contribution in [3.63, 3.8) is 0 Å². The zero-order valence-electron chi connectivity index (χ0n) is 20.8. The normalized spacial score (nSPS) is 13.9. The number of pyridine rings is 1. The Kier molecular flexibility index (Phi) is 9.57. The van der Waals surface area contributed by atoms with E-state index in [-0.39, 0.29) is 18.2 Å². The van der Waals surface area contributed by atoms with Gasteiger partial charge in [0.15, 0.2) is 12.4 Å². The molecule has 1 saturated heterocycles. The van der Waals surface area contributed by atoms with Crippen molar-refractivity contribution in [2.75, 3.05) is 50.0 Å². The molecule has 11 heteroatoms. The summed E-state index contributed by atoms with van der Waals surface area (Å²) in [5.41, 5.74) is 1.81. The molecular weight excluding hydrogens is 469 g/mol. The van der Waals surface area contributed by atoms with E-state index in [0.29, 0.717) is 44.0 Å². The largest absolute Gasteiger partial charge is 0.463 e. The fourth-order valence-electron chi connectivity index (χ4n) is 3.47. The van der Waals surface area contributed by atoms with E-state index in [9.17, 15) is 14.4 Å². The molecule has 3 amide bonds. The Morgan fingerprint density at radius 3 is 2.47 bits per heavy atom. The number of nitrogens with one attached hydrogen (secondary N) is 2. The number of hydrogen-bond donors (Lipinski definition) is 2. The summed E-state index contributed by atoms with van der Waals surface area (Å²) >= 11 is 0. The molecule has 0 radical (unpaired) electrons. The summed E-state index contributed by atoms with van der Waals surface area (Å²) in [6.45, 7) is 7.60. The zero-order chi connectivity index (χ0) is 26.1. The molecule has 0 aliphatic carbocycles. The molecule has 2 N–H and O–H groups in total. The molecule has 0 atom stereocenters. The molecule has 3 rings (SSSR count). The number of aryl methyl sites for hydroxylation is 1. The molecular formula is C25H32FN5O5. The number of carbonyl (C=O) groups excluding carboxylic acids is 3. The first-order chi connectivity index (χ1) is 17.2. The van der Waals surface area contributed by atoms with Crippen LogP contribution in [-0.2, 0) is 20.8 Å². The molecule has 1 fully saturated rings. The predicted octanol–water partition coefficient (Wildman–Crippen LogP) is 3.63. The number of urea groups is 1. The second-order valence-corrected chi connectivity index (χ2v) is 8.94. The Hall–Kier alpha value is -3.73. The van der Waals surface area contributed by atoms with Gasteiger partial charge in [0.2, 0.25) is 0 Å². The van der Waals surface area contributed by atoms with Crippen molar-refractivity contribution < 1.29 is 28.2 Å². The van der Waals surface area contributed by atoms with Gasteiger partial charge in [0.1, 0.15) is 0 Å². The van der Waals surface area contributed by atoms with Gasteiger partial charge in [-0.1, -0.05) is 26.0 Å². The number of esters is 1. The van der Waals surface area contributed by atoms with Crippen LogP contribution in [0.4, 0.5) is 25.4 Å². The van der Waals surface area contributed by atoms with Crippen LogP contribution in [0.15, 0.2) is 36.5 Å². The van der Waals surface area contributed by atoms with Crippen LogP contribution in [0.1, 0.15) is 25.1 Å². The van der Waals surface area contributed by atoms with E-state index < -0.39 is 30.5 Å². The van der Waals surface area contributed by atoms with Gasteiger partial charge in [-0.25, -0.2) is 18.8 Å². The van der Waals surface area contributed by atoms with Gasteiger partial charge in [0, 0.05) is 44.0 Å². The molecule has 1 aliphatic heterocycles. The molecule has 0 spiro atoms. The van der Waals surface area contributed by atoms with E-state index in [1.807, 2.05) is 25.7 Å². The van der Waals surface area contributed by atoms with Crippen molar-refractivity contribution in [2.24, 2.45) is 5.92 Å². The molecule has 2 heterocycles. The van der Waals surface area contributed by atoms with Gasteiger partial charge in [-0.15, -0.1) is 0 Å². The summed E-state index contributed by atoms with van der Waals surface area (Å²) in [5.74, 6) is -0.896. The maximum atomic E-state index is 15.1. The van der Waals surface area contributed by atoms with Crippen molar-refractivity contribution >= 4 is 29.5 Å². The minimum atomic E-state index is -0.580. The minimum Gasteiger partial charge on any atom is -0.463 e. The van der Waals surface area contributed by atoms with Crippen LogP contribution in [0, 0.1) is 18.7 Å². The van der Waals surface area contributed by atoms with Crippen molar-refractivity contribution in [2.45, 2.75) is 27.3 Å². The third-order valence-corrected chi connectivity index (χ3v) is 5.41. The van der Waals surface area contributed by atoms with Crippen molar-refractivity contribution in [3.05, 3.63) is 53.6 Å². The van der Waals surface area contributed by atoms with E-state index in [4.69, 9.17) is 9.47 Å². The number of halogens is 1. The van der Waals surface area contributed by atoms with Crippen LogP contribution < -0.4 is 10.6 Å². The first kappa shape index (κ1) is 26.9. The number of benzene rings is 1. The van der Waals surface area contributed by atoms with Gasteiger partial charge in [0.25, 0.3) is 0 Å². The average Bonchev–Trinajstić information content (AvgIpc) is 2.85. The first-order valence-corrected chi connectivity index (χ1v) is 11.8. The minimum absolute atomic E-state index is 0.0663. The van der Waals surface area contributed by atoms with E-state index in [1.54, 1.807) is 24.3 Å². The lowest BCUT2D eigenvalue weighted by Gasteiger charge is -2.34. The quantitative estimate of drug-likeness (QED) is 0.531. The van der Waals surface area contributed by atoms with Crippen LogP contribution in [-0.4, -0.2) is 72.3 Å². The van der Waals surface area contributed by atoms with Gasteiger partial charge in [-0.3, -0.25) is 9.88 Å². The summed E-state index contributed by atoms with van der Waals surface area (Å²) in [5, 5.41) is 5.15. The van der Waals surface area contributed by atoms with Gasteiger partial charge in [-0.05, 0) is 31.0 Å². The smallest absolute Gasteiger partial charge is 0.410 e. The van der Waals surface area contributed by atoms with E-state index in [0.717, 1.165) is 5.69 Å². The van der Waals surface area contributed by atoms with Gasteiger partial charge in [-0.2, -0.15) is 0 Å². The molecule has 0 saturated carbocycles. The molecule has 1 aromatic heterocycles. The third-order valence-electron chi connectivity index (χ3n) is 5.41. The molecule has 1 aliphatic rings. The zero-order valence-corrected chi connectivity index (χ0v) is 20.8. The summed E-state index contributed by atoms with van der Waals surface area (Å²) in [6.07, 6.45) is 0.943. The highest BCUT2D eigenvalue weighted by molar-refractivity contribution is 5.99. The number of ether oxygens (including phenoxy) is 2. The van der Waals surface area contributed by atoms with Crippen LogP contribution in [0.3, 0.4) is 0 Å². The van der Waals surface area contributed by atoms with Crippen molar-refractivity contribution in [1.29, 1.82) is 0 Å². The average molecular weight is 502 g/mol. The summed E-state index contributed by atoms with van der Waals surface area (Å²) < 4.78 is 25.1. The highest BCUT2D eigenvalue weighted by Gasteiger charge is 2.24. The highest BCUT2D eigenvalue weighted by atomic mass is 19.1. The molecule has 10 nitrogen and oxygen atoms in total. The number of hydrogen-bond acceptors (Lipinski definition) is 7. The van der Waals surface area contributed by atoms with Crippen LogP contribution >= 0.6 is 0 Å². The van der Waals surface area contributed by atoms with Crippen molar-refractivity contribution in [3.8, 4) is 0 Å². The lowest BCUT2D eigenvalue weighted by Crippen LogP contribution is -2.48. The van der Waals surface area contributed by atoms with Crippen molar-refractivity contribution in [1.82, 2.24) is 14.8 Å². The number of amides is 3. The summed E-state index contributed by atoms with van der Waals surface area (Å²) in [4.78, 5) is 43.7.